The van der Waals surface area contributed by atoms with Gasteiger partial charge < -0.3 is 18.3 Å². The van der Waals surface area contributed by atoms with E-state index in [1.165, 1.54) is 0 Å². The van der Waals surface area contributed by atoms with Gasteiger partial charge in [-0.2, -0.15) is 0 Å². The summed E-state index contributed by atoms with van der Waals surface area (Å²) in [6.07, 6.45) is 11.1. The summed E-state index contributed by atoms with van der Waals surface area (Å²) in [5.41, 5.74) is -0.185. The summed E-state index contributed by atoms with van der Waals surface area (Å²) in [6, 6.07) is 0. The molecule has 0 heterocycles. The molecular formula is C18H36O4Si. The summed E-state index contributed by atoms with van der Waals surface area (Å²) in [5, 5.41) is 0. The zero-order valence-corrected chi connectivity index (χ0v) is 16.8. The van der Waals surface area contributed by atoms with Gasteiger partial charge in [0.1, 0.15) is 11.5 Å². The van der Waals surface area contributed by atoms with E-state index in [1.54, 1.807) is 12.5 Å². The van der Waals surface area contributed by atoms with E-state index in [0.717, 1.165) is 25.7 Å². The van der Waals surface area contributed by atoms with E-state index >= 15 is 0 Å². The first-order valence-electron chi connectivity index (χ1n) is 9.05. The Morgan fingerprint density at radius 2 is 1.09 bits per heavy atom. The summed E-state index contributed by atoms with van der Waals surface area (Å²) < 4.78 is 24.5. The third-order valence-corrected chi connectivity index (χ3v) is 7.89. The van der Waals surface area contributed by atoms with Crippen molar-refractivity contribution in [3.63, 3.8) is 0 Å². The summed E-state index contributed by atoms with van der Waals surface area (Å²) in [5.74, 6) is 0. The van der Waals surface area contributed by atoms with Crippen molar-refractivity contribution >= 4 is 8.56 Å². The highest BCUT2D eigenvalue weighted by Crippen LogP contribution is 2.27. The molecule has 0 aliphatic rings. The molecule has 0 saturated carbocycles. The van der Waals surface area contributed by atoms with Gasteiger partial charge >= 0.3 is 8.56 Å². The van der Waals surface area contributed by atoms with Crippen molar-refractivity contribution in [1.29, 1.82) is 0 Å². The zero-order valence-electron chi connectivity index (χ0n) is 15.8. The van der Waals surface area contributed by atoms with Crippen molar-refractivity contribution in [3.8, 4) is 0 Å². The van der Waals surface area contributed by atoms with Gasteiger partial charge in [0, 0.05) is 13.2 Å². The Bertz CT molecular complexity index is 299. The smallest absolute Gasteiger partial charge is 0.422 e. The first kappa shape index (κ1) is 22.2. The second kappa shape index (κ2) is 13.6. The van der Waals surface area contributed by atoms with E-state index in [-0.39, 0.29) is 11.5 Å². The fourth-order valence-electron chi connectivity index (χ4n) is 2.52. The third-order valence-electron chi connectivity index (χ3n) is 3.53. The normalized spacial score (nSPS) is 15.2. The predicted octanol–water partition coefficient (Wildman–Crippen LogP) is 5.02. The Kier molecular flexibility index (Phi) is 13.2. The second-order valence-corrected chi connectivity index (χ2v) is 8.52. The van der Waals surface area contributed by atoms with Crippen molar-refractivity contribution in [2.75, 3.05) is 13.2 Å². The molecule has 0 saturated heterocycles. The number of ether oxygens (including phenoxy) is 2. The molecule has 2 atom stereocenters. The van der Waals surface area contributed by atoms with Crippen molar-refractivity contribution < 1.29 is 18.3 Å². The lowest BCUT2D eigenvalue weighted by molar-refractivity contribution is 0.0476. The molecule has 0 bridgehead atoms. The van der Waals surface area contributed by atoms with Crippen LogP contribution < -0.4 is 0 Å². The molecule has 0 radical (unpaired) electrons. The standard InChI is InChI=1S/C18H36O4Si/c1-7-13-15-19-17(9-3)23(21-11-5,22-12-6)18(10-4)20-16-14-8-2/h13-18H,7-12H2,1-6H3. The SMILES string of the molecule is CCC=COC(CC)[Si](OCC)(OCC)C(CC)OC=CCC. The van der Waals surface area contributed by atoms with Crippen LogP contribution in [0.5, 0.6) is 0 Å². The molecule has 0 amide bonds. The van der Waals surface area contributed by atoms with Crippen LogP contribution in [-0.2, 0) is 18.3 Å². The van der Waals surface area contributed by atoms with E-state index in [4.69, 9.17) is 18.3 Å². The van der Waals surface area contributed by atoms with Crippen LogP contribution in [0.15, 0.2) is 24.7 Å². The maximum absolute atomic E-state index is 6.24. The van der Waals surface area contributed by atoms with Crippen LogP contribution in [0.4, 0.5) is 0 Å². The third kappa shape index (κ3) is 7.10. The molecule has 0 aromatic rings. The predicted molar refractivity (Wildman–Crippen MR) is 98.2 cm³/mol. The molecule has 0 rings (SSSR count). The maximum Gasteiger partial charge on any atom is 0.422 e. The number of allylic oxidation sites excluding steroid dienone is 2. The van der Waals surface area contributed by atoms with E-state index < -0.39 is 8.56 Å². The summed E-state index contributed by atoms with van der Waals surface area (Å²) in [7, 11) is -2.70. The van der Waals surface area contributed by atoms with E-state index in [0.29, 0.717) is 13.2 Å². The summed E-state index contributed by atoms with van der Waals surface area (Å²) >= 11 is 0. The largest absolute Gasteiger partial charge is 0.496 e. The van der Waals surface area contributed by atoms with Crippen LogP contribution in [0.2, 0.25) is 0 Å². The maximum atomic E-state index is 6.24. The lowest BCUT2D eigenvalue weighted by atomic mass is 10.5. The Hall–Kier alpha value is -0.783. The minimum atomic E-state index is -2.70. The van der Waals surface area contributed by atoms with Crippen LogP contribution in [0, 0.1) is 0 Å². The van der Waals surface area contributed by atoms with Gasteiger partial charge in [0.25, 0.3) is 0 Å². The highest BCUT2D eigenvalue weighted by atomic mass is 28.4. The fraction of sp³-hybridized carbons (Fsp3) is 0.778. The van der Waals surface area contributed by atoms with Gasteiger partial charge in [0.2, 0.25) is 0 Å². The monoisotopic (exact) mass is 344 g/mol. The van der Waals surface area contributed by atoms with Crippen LogP contribution in [-0.4, -0.2) is 33.2 Å². The van der Waals surface area contributed by atoms with Crippen molar-refractivity contribution in [3.05, 3.63) is 24.7 Å². The molecule has 5 heteroatoms. The van der Waals surface area contributed by atoms with Gasteiger partial charge in [-0.15, -0.1) is 0 Å². The van der Waals surface area contributed by atoms with Crippen LogP contribution in [0.25, 0.3) is 0 Å². The summed E-state index contributed by atoms with van der Waals surface area (Å²) in [6.45, 7) is 13.6. The van der Waals surface area contributed by atoms with Gasteiger partial charge in [-0.1, -0.05) is 39.8 Å². The highest BCUT2D eigenvalue weighted by Gasteiger charge is 2.54. The quantitative estimate of drug-likeness (QED) is 0.327. The van der Waals surface area contributed by atoms with E-state index in [9.17, 15) is 0 Å². The molecule has 0 aromatic heterocycles. The van der Waals surface area contributed by atoms with Crippen molar-refractivity contribution in [1.82, 2.24) is 0 Å². The Balaban J connectivity index is 5.51. The molecule has 0 spiro atoms. The minimum absolute atomic E-state index is 0.0924. The fourth-order valence-corrected chi connectivity index (χ4v) is 6.33. The number of rotatable bonds is 14. The van der Waals surface area contributed by atoms with Gasteiger partial charge in [-0.3, -0.25) is 0 Å². The number of hydrogen-bond acceptors (Lipinski definition) is 4. The van der Waals surface area contributed by atoms with Crippen LogP contribution >= 0.6 is 0 Å². The minimum Gasteiger partial charge on any atom is -0.496 e. The molecular weight excluding hydrogens is 308 g/mol. The highest BCUT2D eigenvalue weighted by molar-refractivity contribution is 6.70. The van der Waals surface area contributed by atoms with E-state index in [1.807, 2.05) is 26.0 Å². The lowest BCUT2D eigenvalue weighted by Crippen LogP contribution is -2.63. The average Bonchev–Trinajstić information content (AvgIpc) is 2.55. The van der Waals surface area contributed by atoms with Crippen molar-refractivity contribution in [2.24, 2.45) is 0 Å². The Morgan fingerprint density at radius 1 is 0.696 bits per heavy atom. The molecule has 0 aliphatic carbocycles. The molecule has 4 nitrogen and oxygen atoms in total. The molecule has 23 heavy (non-hydrogen) atoms. The van der Waals surface area contributed by atoms with Gasteiger partial charge in [-0.05, 0) is 39.5 Å². The van der Waals surface area contributed by atoms with Crippen molar-refractivity contribution in [2.45, 2.75) is 78.7 Å². The van der Waals surface area contributed by atoms with Crippen LogP contribution in [0.3, 0.4) is 0 Å². The van der Waals surface area contributed by atoms with Gasteiger partial charge in [0.05, 0.1) is 12.5 Å². The number of hydrogen-bond donors (Lipinski definition) is 0. The molecule has 2 unspecified atom stereocenters. The molecule has 0 aliphatic heterocycles. The van der Waals surface area contributed by atoms with Gasteiger partial charge in [0.15, 0.2) is 0 Å². The Labute approximate surface area is 144 Å². The molecule has 0 fully saturated rings. The molecule has 136 valence electrons. The van der Waals surface area contributed by atoms with E-state index in [2.05, 4.69) is 27.7 Å². The topological polar surface area (TPSA) is 36.9 Å². The van der Waals surface area contributed by atoms with Gasteiger partial charge in [-0.25, -0.2) is 0 Å². The first-order valence-corrected chi connectivity index (χ1v) is 11.0. The zero-order chi connectivity index (χ0) is 17.6. The second-order valence-electron chi connectivity index (χ2n) is 5.21. The molecule has 0 aromatic carbocycles. The molecule has 0 N–H and O–H groups in total. The average molecular weight is 345 g/mol. The lowest BCUT2D eigenvalue weighted by Gasteiger charge is -2.40. The Morgan fingerprint density at radius 3 is 1.35 bits per heavy atom. The first-order chi connectivity index (χ1) is 11.2. The summed E-state index contributed by atoms with van der Waals surface area (Å²) in [4.78, 5) is 0. The van der Waals surface area contributed by atoms with Crippen LogP contribution in [0.1, 0.15) is 67.2 Å².